The topological polar surface area (TPSA) is 107 Å². The SMILES string of the molecule is COc1ccc(NS(=O)(=O)c2cc(NC(=O)c3ccc4ccccc4n3)ccc2OC)cc1. The zero-order chi connectivity index (χ0) is 23.4. The van der Waals surface area contributed by atoms with E-state index >= 15 is 0 Å². The normalized spacial score (nSPS) is 11.1. The summed E-state index contributed by atoms with van der Waals surface area (Å²) in [6, 6.07) is 21.7. The van der Waals surface area contributed by atoms with Gasteiger partial charge in [0.2, 0.25) is 0 Å². The van der Waals surface area contributed by atoms with Gasteiger partial charge in [-0.1, -0.05) is 24.3 Å². The quantitative estimate of drug-likeness (QED) is 0.423. The third-order valence-corrected chi connectivity index (χ3v) is 6.29. The molecule has 0 radical (unpaired) electrons. The van der Waals surface area contributed by atoms with E-state index in [1.165, 1.54) is 26.4 Å². The lowest BCUT2D eigenvalue weighted by molar-refractivity contribution is 0.102. The largest absolute Gasteiger partial charge is 0.497 e. The number of methoxy groups -OCH3 is 2. The highest BCUT2D eigenvalue weighted by atomic mass is 32.2. The Hall–Kier alpha value is -4.11. The van der Waals surface area contributed by atoms with Gasteiger partial charge in [0.15, 0.2) is 0 Å². The van der Waals surface area contributed by atoms with Gasteiger partial charge in [0, 0.05) is 16.8 Å². The molecule has 2 N–H and O–H groups in total. The Morgan fingerprint density at radius 2 is 1.58 bits per heavy atom. The molecule has 4 aromatic rings. The Kier molecular flexibility index (Phi) is 6.14. The minimum absolute atomic E-state index is 0.120. The molecule has 0 aliphatic carbocycles. The van der Waals surface area contributed by atoms with Crippen LogP contribution in [0.4, 0.5) is 11.4 Å². The van der Waals surface area contributed by atoms with Crippen LogP contribution in [0.25, 0.3) is 10.9 Å². The highest BCUT2D eigenvalue weighted by Gasteiger charge is 2.21. The summed E-state index contributed by atoms with van der Waals surface area (Å²) in [5.74, 6) is 0.276. The van der Waals surface area contributed by atoms with Crippen molar-refractivity contribution < 1.29 is 22.7 Å². The number of nitrogens with one attached hydrogen (secondary N) is 2. The predicted octanol–water partition coefficient (Wildman–Crippen LogP) is 4.31. The molecule has 9 heteroatoms. The summed E-state index contributed by atoms with van der Waals surface area (Å²) < 4.78 is 38.9. The molecule has 0 saturated heterocycles. The molecule has 0 aliphatic rings. The fraction of sp³-hybridized carbons (Fsp3) is 0.0833. The molecule has 4 rings (SSSR count). The van der Waals surface area contributed by atoms with Gasteiger partial charge in [0.1, 0.15) is 22.1 Å². The molecular weight excluding hydrogens is 442 g/mol. The van der Waals surface area contributed by atoms with Crippen LogP contribution in [0.2, 0.25) is 0 Å². The van der Waals surface area contributed by atoms with E-state index in [0.717, 1.165) is 5.39 Å². The third kappa shape index (κ3) is 4.88. The molecule has 0 spiro atoms. The van der Waals surface area contributed by atoms with E-state index in [1.807, 2.05) is 24.3 Å². The molecule has 1 heterocycles. The first-order valence-electron chi connectivity index (χ1n) is 9.92. The molecular formula is C24H21N3O5S. The smallest absolute Gasteiger partial charge is 0.274 e. The van der Waals surface area contributed by atoms with Crippen LogP contribution in [0.15, 0.2) is 83.8 Å². The molecule has 3 aromatic carbocycles. The molecule has 8 nitrogen and oxygen atoms in total. The van der Waals surface area contributed by atoms with Crippen LogP contribution in [0.5, 0.6) is 11.5 Å². The predicted molar refractivity (Wildman–Crippen MR) is 126 cm³/mol. The molecule has 0 atom stereocenters. The van der Waals surface area contributed by atoms with Gasteiger partial charge < -0.3 is 14.8 Å². The first kappa shape index (κ1) is 22.1. The Morgan fingerprint density at radius 1 is 0.848 bits per heavy atom. The molecule has 33 heavy (non-hydrogen) atoms. The van der Waals surface area contributed by atoms with Gasteiger partial charge in [0.25, 0.3) is 15.9 Å². The minimum atomic E-state index is -4.01. The molecule has 0 bridgehead atoms. The zero-order valence-corrected chi connectivity index (χ0v) is 18.7. The molecule has 1 aromatic heterocycles. The van der Waals surface area contributed by atoms with E-state index in [1.54, 1.807) is 42.5 Å². The summed E-state index contributed by atoms with van der Waals surface area (Å²) in [6.07, 6.45) is 0. The van der Waals surface area contributed by atoms with Crippen molar-refractivity contribution in [3.63, 3.8) is 0 Å². The fourth-order valence-corrected chi connectivity index (χ4v) is 4.48. The van der Waals surface area contributed by atoms with Crippen molar-refractivity contribution in [2.75, 3.05) is 24.3 Å². The van der Waals surface area contributed by atoms with Crippen LogP contribution in [0.1, 0.15) is 10.5 Å². The summed E-state index contributed by atoms with van der Waals surface area (Å²) in [7, 11) is -1.11. The first-order chi connectivity index (χ1) is 15.9. The number of pyridine rings is 1. The number of fused-ring (bicyclic) bond motifs is 1. The summed E-state index contributed by atoms with van der Waals surface area (Å²) in [5, 5.41) is 3.61. The number of hydrogen-bond donors (Lipinski definition) is 2. The standard InChI is InChI=1S/C24H21N3O5S/c1-31-19-11-8-17(9-12-19)27-33(29,30)23-15-18(10-14-22(23)32-2)25-24(28)21-13-7-16-5-3-4-6-20(16)26-21/h3-15,27H,1-2H3,(H,25,28). The van der Waals surface area contributed by atoms with Crippen LogP contribution < -0.4 is 19.5 Å². The van der Waals surface area contributed by atoms with Crippen LogP contribution >= 0.6 is 0 Å². The maximum atomic E-state index is 13.0. The maximum absolute atomic E-state index is 13.0. The van der Waals surface area contributed by atoms with Crippen molar-refractivity contribution in [3.8, 4) is 11.5 Å². The summed E-state index contributed by atoms with van der Waals surface area (Å²) in [4.78, 5) is 17.0. The van der Waals surface area contributed by atoms with Gasteiger partial charge in [-0.3, -0.25) is 9.52 Å². The number of aromatic nitrogens is 1. The lowest BCUT2D eigenvalue weighted by atomic mass is 10.2. The molecule has 168 valence electrons. The second-order valence-electron chi connectivity index (χ2n) is 7.04. The summed E-state index contributed by atoms with van der Waals surface area (Å²) >= 11 is 0. The Morgan fingerprint density at radius 3 is 2.30 bits per heavy atom. The Bertz CT molecular complexity index is 1420. The molecule has 1 amide bonds. The van der Waals surface area contributed by atoms with E-state index in [-0.39, 0.29) is 22.0 Å². The van der Waals surface area contributed by atoms with Gasteiger partial charge in [-0.25, -0.2) is 13.4 Å². The molecule has 0 fully saturated rings. The Labute approximate surface area is 191 Å². The van der Waals surface area contributed by atoms with E-state index in [2.05, 4.69) is 15.0 Å². The van der Waals surface area contributed by atoms with E-state index in [0.29, 0.717) is 17.0 Å². The number of carbonyl (C=O) groups excluding carboxylic acids is 1. The van der Waals surface area contributed by atoms with Gasteiger partial charge in [-0.15, -0.1) is 0 Å². The van der Waals surface area contributed by atoms with Crippen LogP contribution in [-0.4, -0.2) is 33.5 Å². The fourth-order valence-electron chi connectivity index (χ4n) is 3.22. The second kappa shape index (κ2) is 9.17. The van der Waals surface area contributed by atoms with E-state index < -0.39 is 15.9 Å². The number of hydrogen-bond acceptors (Lipinski definition) is 6. The number of amides is 1. The number of sulfonamides is 1. The molecule has 0 aliphatic heterocycles. The lowest BCUT2D eigenvalue weighted by Gasteiger charge is -2.14. The van der Waals surface area contributed by atoms with Crippen molar-refractivity contribution in [3.05, 3.63) is 84.6 Å². The number of rotatable bonds is 7. The van der Waals surface area contributed by atoms with Crippen LogP contribution in [0.3, 0.4) is 0 Å². The summed E-state index contributed by atoms with van der Waals surface area (Å²) in [5.41, 5.74) is 1.54. The van der Waals surface area contributed by atoms with Gasteiger partial charge >= 0.3 is 0 Å². The average Bonchev–Trinajstić information content (AvgIpc) is 2.84. The highest BCUT2D eigenvalue weighted by molar-refractivity contribution is 7.92. The van der Waals surface area contributed by atoms with E-state index in [9.17, 15) is 13.2 Å². The number of nitrogens with zero attached hydrogens (tertiary/aromatic N) is 1. The van der Waals surface area contributed by atoms with Gasteiger partial charge in [-0.05, 0) is 54.6 Å². The zero-order valence-electron chi connectivity index (χ0n) is 17.9. The molecule has 0 unspecified atom stereocenters. The van der Waals surface area contributed by atoms with Crippen LogP contribution in [-0.2, 0) is 10.0 Å². The van der Waals surface area contributed by atoms with Crippen molar-refractivity contribution in [2.24, 2.45) is 0 Å². The number of ether oxygens (including phenoxy) is 2. The summed E-state index contributed by atoms with van der Waals surface area (Å²) in [6.45, 7) is 0. The third-order valence-electron chi connectivity index (χ3n) is 4.88. The second-order valence-corrected chi connectivity index (χ2v) is 8.69. The Balaban J connectivity index is 1.60. The number of anilines is 2. The van der Waals surface area contributed by atoms with Crippen molar-refractivity contribution in [1.29, 1.82) is 0 Å². The first-order valence-corrected chi connectivity index (χ1v) is 11.4. The lowest BCUT2D eigenvalue weighted by Crippen LogP contribution is -2.16. The average molecular weight is 464 g/mol. The van der Waals surface area contributed by atoms with Crippen molar-refractivity contribution >= 4 is 38.2 Å². The van der Waals surface area contributed by atoms with E-state index in [4.69, 9.17) is 9.47 Å². The maximum Gasteiger partial charge on any atom is 0.274 e. The van der Waals surface area contributed by atoms with Gasteiger partial charge in [-0.2, -0.15) is 0 Å². The number of benzene rings is 3. The van der Waals surface area contributed by atoms with Crippen LogP contribution in [0, 0.1) is 0 Å². The van der Waals surface area contributed by atoms with Crippen molar-refractivity contribution in [2.45, 2.75) is 4.90 Å². The number of para-hydroxylation sites is 1. The van der Waals surface area contributed by atoms with Gasteiger partial charge in [0.05, 0.1) is 19.7 Å². The highest BCUT2D eigenvalue weighted by Crippen LogP contribution is 2.29. The minimum Gasteiger partial charge on any atom is -0.497 e. The number of carbonyl (C=O) groups is 1. The monoisotopic (exact) mass is 463 g/mol. The molecule has 0 saturated carbocycles. The van der Waals surface area contributed by atoms with Crippen molar-refractivity contribution in [1.82, 2.24) is 4.98 Å².